The average Bonchev–Trinajstić information content (AvgIpc) is 3.64. The van der Waals surface area contributed by atoms with Gasteiger partial charge in [0.2, 0.25) is 36.7 Å². The number of amides is 1. The van der Waals surface area contributed by atoms with Gasteiger partial charge in [-0.05, 0) is 37.0 Å². The minimum atomic E-state index is -4.17. The van der Waals surface area contributed by atoms with Gasteiger partial charge < -0.3 is 15.4 Å². The molecule has 2 aliphatic rings. The van der Waals surface area contributed by atoms with E-state index < -0.39 is 66.2 Å². The molecule has 0 spiro atoms. The topological polar surface area (TPSA) is 148 Å². The van der Waals surface area contributed by atoms with Gasteiger partial charge in [-0.3, -0.25) is 4.79 Å². The highest BCUT2D eigenvalue weighted by Crippen LogP contribution is 2.37. The SMILES string of the molecule is CC(F)(F)c1nc(NC2CN(S(C)(=O)=O)C2)c(C(=O)N[C@H](/C=C(\F)S(C)(=O)=O)C2CC2)c(Oc2ccccc2)n1. The predicted molar refractivity (Wildman–Crippen MR) is 140 cm³/mol. The standard InChI is InChI=1S/C24H28F3N5O6S2/c1-24(26,27)23-30-20(28-15-12-32(13-15)40(3,36)37)19(22(31-23)38-16-7-5-4-6-8-16)21(33)29-17(14-9-10-14)11-18(25)39(2,34)35/h4-8,11,14-15,17H,9-10,12-13H2,1-3H3,(H,29,33)(H,28,30,31)/b18-11+/t17-/m1/s1. The van der Waals surface area contributed by atoms with E-state index in [0.717, 1.165) is 16.6 Å². The van der Waals surface area contributed by atoms with Gasteiger partial charge in [-0.2, -0.15) is 22.5 Å². The number of anilines is 1. The summed E-state index contributed by atoms with van der Waals surface area (Å²) in [5.74, 6) is -6.40. The fourth-order valence-corrected chi connectivity index (χ4v) is 5.15. The van der Waals surface area contributed by atoms with E-state index in [4.69, 9.17) is 4.74 Å². The molecule has 2 N–H and O–H groups in total. The lowest BCUT2D eigenvalue weighted by Gasteiger charge is -2.38. The fraction of sp³-hybridized carbons (Fsp3) is 0.458. The number of benzene rings is 1. The number of aromatic nitrogens is 2. The van der Waals surface area contributed by atoms with Crippen LogP contribution in [0.1, 0.15) is 35.9 Å². The van der Waals surface area contributed by atoms with E-state index in [9.17, 15) is 34.8 Å². The van der Waals surface area contributed by atoms with Crippen molar-refractivity contribution in [3.63, 3.8) is 0 Å². The van der Waals surface area contributed by atoms with E-state index in [1.165, 1.54) is 12.1 Å². The van der Waals surface area contributed by atoms with Crippen LogP contribution in [-0.2, 0) is 25.8 Å². The molecule has 1 atom stereocenters. The lowest BCUT2D eigenvalue weighted by molar-refractivity contribution is 0.00722. The summed E-state index contributed by atoms with van der Waals surface area (Å²) in [6.45, 7) is 0.544. The van der Waals surface area contributed by atoms with Gasteiger partial charge in [0, 0.05) is 26.3 Å². The molecule has 1 aromatic carbocycles. The Morgan fingerprint density at radius 2 is 1.75 bits per heavy atom. The second kappa shape index (κ2) is 11.0. The number of carbonyl (C=O) groups excluding carboxylic acids is 1. The summed E-state index contributed by atoms with van der Waals surface area (Å²) in [6, 6.07) is 6.31. The molecule has 1 aliphatic carbocycles. The van der Waals surface area contributed by atoms with Crippen molar-refractivity contribution >= 4 is 31.6 Å². The Kier molecular flexibility index (Phi) is 8.15. The lowest BCUT2D eigenvalue weighted by atomic mass is 10.1. The van der Waals surface area contributed by atoms with Crippen LogP contribution in [0.15, 0.2) is 41.6 Å². The van der Waals surface area contributed by atoms with Crippen LogP contribution < -0.4 is 15.4 Å². The molecule has 1 aliphatic heterocycles. The first-order valence-corrected chi connectivity index (χ1v) is 15.9. The zero-order chi connectivity index (χ0) is 29.5. The highest BCUT2D eigenvalue weighted by atomic mass is 32.2. The molecule has 4 rings (SSSR count). The van der Waals surface area contributed by atoms with Crippen molar-refractivity contribution < 1.29 is 39.5 Å². The second-order valence-corrected chi connectivity index (χ2v) is 13.8. The van der Waals surface area contributed by atoms with E-state index in [1.807, 2.05) is 0 Å². The third-order valence-electron chi connectivity index (χ3n) is 6.20. The molecule has 218 valence electrons. The van der Waals surface area contributed by atoms with Crippen LogP contribution in [0.4, 0.5) is 19.0 Å². The molecular weight excluding hydrogens is 575 g/mol. The molecule has 2 fully saturated rings. The Balaban J connectivity index is 1.76. The van der Waals surface area contributed by atoms with Crippen LogP contribution in [-0.4, -0.2) is 74.7 Å². The van der Waals surface area contributed by atoms with Gasteiger partial charge in [-0.1, -0.05) is 18.2 Å². The van der Waals surface area contributed by atoms with Crippen molar-refractivity contribution in [2.45, 2.75) is 37.8 Å². The number of nitrogens with one attached hydrogen (secondary N) is 2. The second-order valence-electron chi connectivity index (χ2n) is 9.88. The largest absolute Gasteiger partial charge is 0.438 e. The first kappa shape index (κ1) is 29.7. The molecule has 1 saturated heterocycles. The first-order valence-electron chi connectivity index (χ1n) is 12.2. The number of carbonyl (C=O) groups is 1. The smallest absolute Gasteiger partial charge is 0.304 e. The van der Waals surface area contributed by atoms with Gasteiger partial charge in [0.15, 0.2) is 0 Å². The van der Waals surface area contributed by atoms with Crippen molar-refractivity contribution in [3.05, 3.63) is 53.0 Å². The van der Waals surface area contributed by atoms with Crippen LogP contribution in [0.5, 0.6) is 11.6 Å². The van der Waals surface area contributed by atoms with Crippen LogP contribution in [0.25, 0.3) is 0 Å². The molecule has 1 amide bonds. The maximum Gasteiger partial charge on any atom is 0.304 e. The van der Waals surface area contributed by atoms with Crippen LogP contribution in [0.3, 0.4) is 0 Å². The minimum absolute atomic E-state index is 0.0103. The molecule has 16 heteroatoms. The average molecular weight is 604 g/mol. The molecule has 0 bridgehead atoms. The van der Waals surface area contributed by atoms with Gasteiger partial charge in [0.05, 0.1) is 18.3 Å². The van der Waals surface area contributed by atoms with Crippen molar-refractivity contribution in [1.29, 1.82) is 0 Å². The number of alkyl halides is 2. The maximum atomic E-state index is 14.4. The Morgan fingerprint density at radius 1 is 1.12 bits per heavy atom. The molecule has 2 heterocycles. The minimum Gasteiger partial charge on any atom is -0.438 e. The number of nitrogens with zero attached hydrogens (tertiary/aromatic N) is 3. The fourth-order valence-electron chi connectivity index (χ4n) is 3.85. The Morgan fingerprint density at radius 3 is 2.27 bits per heavy atom. The van der Waals surface area contributed by atoms with E-state index in [2.05, 4.69) is 20.6 Å². The molecule has 0 unspecified atom stereocenters. The Labute approximate surface area is 229 Å². The summed E-state index contributed by atoms with van der Waals surface area (Å²) in [7, 11) is -7.66. The predicted octanol–water partition coefficient (Wildman–Crippen LogP) is 2.80. The number of halogens is 3. The highest BCUT2D eigenvalue weighted by Gasteiger charge is 2.39. The molecule has 40 heavy (non-hydrogen) atoms. The van der Waals surface area contributed by atoms with Gasteiger partial charge in [0.1, 0.15) is 17.1 Å². The highest BCUT2D eigenvalue weighted by molar-refractivity contribution is 7.94. The van der Waals surface area contributed by atoms with Gasteiger partial charge in [-0.15, -0.1) is 0 Å². The summed E-state index contributed by atoms with van der Waals surface area (Å²) in [6.07, 6.45) is 3.70. The van der Waals surface area contributed by atoms with E-state index in [-0.39, 0.29) is 30.6 Å². The zero-order valence-electron chi connectivity index (χ0n) is 21.8. The first-order chi connectivity index (χ1) is 18.5. The quantitative estimate of drug-likeness (QED) is 0.396. The number of hydrogen-bond donors (Lipinski definition) is 2. The van der Waals surface area contributed by atoms with Crippen LogP contribution >= 0.6 is 0 Å². The summed E-state index contributed by atoms with van der Waals surface area (Å²) in [5.41, 5.74) is -0.395. The van der Waals surface area contributed by atoms with Gasteiger partial charge >= 0.3 is 5.92 Å². The summed E-state index contributed by atoms with van der Waals surface area (Å²) >= 11 is 0. The number of hydrogen-bond acceptors (Lipinski definition) is 9. The van der Waals surface area contributed by atoms with E-state index in [1.54, 1.807) is 18.2 Å². The van der Waals surface area contributed by atoms with E-state index in [0.29, 0.717) is 26.0 Å². The summed E-state index contributed by atoms with van der Waals surface area (Å²) < 4.78 is 96.9. The number of sulfone groups is 1. The van der Waals surface area contributed by atoms with Crippen molar-refractivity contribution in [2.75, 3.05) is 30.9 Å². The Bertz CT molecular complexity index is 1520. The zero-order valence-corrected chi connectivity index (χ0v) is 23.4. The molecule has 1 aromatic heterocycles. The molecule has 0 radical (unpaired) electrons. The molecule has 11 nitrogen and oxygen atoms in total. The third kappa shape index (κ3) is 7.28. The molecular formula is C24H28F3N5O6S2. The van der Waals surface area contributed by atoms with Gasteiger partial charge in [-0.25, -0.2) is 21.8 Å². The van der Waals surface area contributed by atoms with Crippen molar-refractivity contribution in [1.82, 2.24) is 19.6 Å². The number of ether oxygens (including phenoxy) is 1. The molecule has 2 aromatic rings. The lowest BCUT2D eigenvalue weighted by Crippen LogP contribution is -2.56. The van der Waals surface area contributed by atoms with Crippen LogP contribution in [0.2, 0.25) is 0 Å². The number of para-hydroxylation sites is 1. The number of sulfonamides is 1. The molecule has 1 saturated carbocycles. The van der Waals surface area contributed by atoms with E-state index >= 15 is 0 Å². The maximum absolute atomic E-state index is 14.4. The van der Waals surface area contributed by atoms with Gasteiger partial charge in [0.25, 0.3) is 5.91 Å². The van der Waals surface area contributed by atoms with Crippen molar-refractivity contribution in [3.8, 4) is 11.6 Å². The number of rotatable bonds is 11. The van der Waals surface area contributed by atoms with Crippen LogP contribution in [0, 0.1) is 5.92 Å². The normalized spacial score (nSPS) is 18.1. The summed E-state index contributed by atoms with van der Waals surface area (Å²) in [5, 5.41) is 3.97. The summed E-state index contributed by atoms with van der Waals surface area (Å²) in [4.78, 5) is 21.3. The Hall–Kier alpha value is -3.24. The third-order valence-corrected chi connectivity index (χ3v) is 8.28. The van der Waals surface area contributed by atoms with Crippen molar-refractivity contribution in [2.24, 2.45) is 5.92 Å². The monoisotopic (exact) mass is 603 g/mol.